The number of pyridine rings is 1. The predicted molar refractivity (Wildman–Crippen MR) is 99.3 cm³/mol. The lowest BCUT2D eigenvalue weighted by molar-refractivity contribution is -0.192. The van der Waals surface area contributed by atoms with E-state index in [0.29, 0.717) is 25.2 Å². The van der Waals surface area contributed by atoms with Crippen LogP contribution in [0.2, 0.25) is 0 Å². The average Bonchev–Trinajstić information content (AvgIpc) is 3.22. The van der Waals surface area contributed by atoms with E-state index >= 15 is 0 Å². The zero-order chi connectivity index (χ0) is 23.9. The van der Waals surface area contributed by atoms with Gasteiger partial charge in [0.2, 0.25) is 15.9 Å². The van der Waals surface area contributed by atoms with Crippen LogP contribution in [0.3, 0.4) is 0 Å². The van der Waals surface area contributed by atoms with Crippen LogP contribution in [0.4, 0.5) is 17.6 Å². The number of halogens is 4. The molecule has 0 aliphatic carbocycles. The molecule has 3 rings (SSSR count). The number of carbonyl (C=O) groups is 1. The van der Waals surface area contributed by atoms with Gasteiger partial charge >= 0.3 is 12.1 Å². The summed E-state index contributed by atoms with van der Waals surface area (Å²) in [4.78, 5) is 17.0. The number of rotatable bonds is 6. The first-order valence-electron chi connectivity index (χ1n) is 8.73. The number of nitrogens with two attached hydrogens (primary N) is 1. The number of aromatic nitrogens is 4. The van der Waals surface area contributed by atoms with Gasteiger partial charge in [0.25, 0.3) is 0 Å². The van der Waals surface area contributed by atoms with E-state index in [2.05, 4.69) is 15.1 Å². The molecular formula is C16H18F4N6O5S. The Morgan fingerprint density at radius 1 is 1.28 bits per heavy atom. The molecular weight excluding hydrogens is 464 g/mol. The highest BCUT2D eigenvalue weighted by atomic mass is 32.2. The van der Waals surface area contributed by atoms with Crippen LogP contribution in [-0.4, -0.2) is 69.4 Å². The summed E-state index contributed by atoms with van der Waals surface area (Å²) >= 11 is 0. The third-order valence-electron chi connectivity index (χ3n) is 3.99. The molecule has 1 aliphatic rings. The Labute approximate surface area is 179 Å². The molecule has 3 heterocycles. The van der Waals surface area contributed by atoms with E-state index in [9.17, 15) is 26.0 Å². The Kier molecular flexibility index (Phi) is 8.23. The SMILES string of the molecule is NC/C(=C\F)COc1ccc(S(=O)(=O)N2CCn3ncnc3C2)cn1.O=C(O)C(F)(F)F. The number of aliphatic carboxylic acids is 1. The number of carboxylic acids is 1. The monoisotopic (exact) mass is 482 g/mol. The first-order chi connectivity index (χ1) is 15.0. The smallest absolute Gasteiger partial charge is 0.475 e. The van der Waals surface area contributed by atoms with E-state index in [1.807, 2.05) is 0 Å². The summed E-state index contributed by atoms with van der Waals surface area (Å²) in [6, 6.07) is 2.82. The molecule has 3 N–H and O–H groups in total. The van der Waals surface area contributed by atoms with E-state index < -0.39 is 22.2 Å². The van der Waals surface area contributed by atoms with E-state index in [1.165, 1.54) is 29.0 Å². The molecule has 0 amide bonds. The summed E-state index contributed by atoms with van der Waals surface area (Å²) in [5.74, 6) is -1.98. The first-order valence-corrected chi connectivity index (χ1v) is 10.2. The summed E-state index contributed by atoms with van der Waals surface area (Å²) in [7, 11) is -3.70. The zero-order valence-electron chi connectivity index (χ0n) is 16.2. The molecule has 0 spiro atoms. The molecule has 11 nitrogen and oxygen atoms in total. The molecule has 0 fully saturated rings. The minimum absolute atomic E-state index is 0.0303. The van der Waals surface area contributed by atoms with Crippen LogP contribution >= 0.6 is 0 Å². The maximum absolute atomic E-state index is 12.7. The number of sulfonamides is 1. The highest BCUT2D eigenvalue weighted by Crippen LogP contribution is 2.21. The van der Waals surface area contributed by atoms with Gasteiger partial charge in [-0.2, -0.15) is 22.6 Å². The van der Waals surface area contributed by atoms with Gasteiger partial charge in [-0.25, -0.2) is 32.3 Å². The van der Waals surface area contributed by atoms with Gasteiger partial charge < -0.3 is 15.6 Å². The van der Waals surface area contributed by atoms with Crippen LogP contribution in [0.1, 0.15) is 5.82 Å². The van der Waals surface area contributed by atoms with Gasteiger partial charge in [0.05, 0.1) is 25.6 Å². The van der Waals surface area contributed by atoms with Crippen LogP contribution in [-0.2, 0) is 27.9 Å². The second-order valence-corrected chi connectivity index (χ2v) is 8.07. The van der Waals surface area contributed by atoms with E-state index in [4.69, 9.17) is 20.4 Å². The summed E-state index contributed by atoms with van der Waals surface area (Å²) in [6.45, 7) is 0.886. The van der Waals surface area contributed by atoms with Crippen molar-refractivity contribution in [2.75, 3.05) is 19.7 Å². The molecule has 0 bridgehead atoms. The molecule has 0 aromatic carbocycles. The predicted octanol–water partition coefficient (Wildman–Crippen LogP) is 0.702. The van der Waals surface area contributed by atoms with Gasteiger partial charge in [-0.3, -0.25) is 0 Å². The maximum atomic E-state index is 12.7. The standard InChI is InChI=1S/C14H17FN6O3S.C2HF3O2/c15-5-11(6-16)9-24-14-2-1-12(7-17-14)25(22,23)20-3-4-21-13(8-20)18-10-19-21;3-2(4,5)1(6)7/h1-2,5,7,10H,3-4,6,8-9,16H2;(H,6,7)/b11-5+;. The van der Waals surface area contributed by atoms with Crippen molar-refractivity contribution in [3.63, 3.8) is 0 Å². The first kappa shape index (κ1) is 25.2. The quantitative estimate of drug-likeness (QED) is 0.567. The van der Waals surface area contributed by atoms with Gasteiger partial charge in [0.1, 0.15) is 23.7 Å². The highest BCUT2D eigenvalue weighted by molar-refractivity contribution is 7.89. The molecule has 2 aromatic rings. The highest BCUT2D eigenvalue weighted by Gasteiger charge is 2.38. The lowest BCUT2D eigenvalue weighted by Crippen LogP contribution is -2.38. The number of ether oxygens (including phenoxy) is 1. The third kappa shape index (κ3) is 6.44. The van der Waals surface area contributed by atoms with Gasteiger partial charge in [-0.1, -0.05) is 0 Å². The number of hydrogen-bond donors (Lipinski definition) is 2. The molecule has 0 saturated heterocycles. The van der Waals surface area contributed by atoms with Crippen LogP contribution in [0, 0.1) is 0 Å². The van der Waals surface area contributed by atoms with E-state index in [0.717, 1.165) is 0 Å². The number of fused-ring (bicyclic) bond motifs is 1. The normalized spacial score (nSPS) is 14.8. The zero-order valence-corrected chi connectivity index (χ0v) is 17.1. The molecule has 16 heteroatoms. The number of alkyl halides is 3. The Morgan fingerprint density at radius 3 is 2.50 bits per heavy atom. The summed E-state index contributed by atoms with van der Waals surface area (Å²) < 4.78 is 77.8. The molecule has 1 aliphatic heterocycles. The lowest BCUT2D eigenvalue weighted by Gasteiger charge is -2.25. The Balaban J connectivity index is 0.000000451. The van der Waals surface area contributed by atoms with Crippen molar-refractivity contribution >= 4 is 16.0 Å². The Bertz CT molecular complexity index is 1060. The summed E-state index contributed by atoms with van der Waals surface area (Å²) in [5, 5.41) is 11.1. The number of nitrogens with zero attached hydrogens (tertiary/aromatic N) is 5. The van der Waals surface area contributed by atoms with E-state index in [1.54, 1.807) is 4.68 Å². The minimum Gasteiger partial charge on any atom is -0.475 e. The van der Waals surface area contributed by atoms with E-state index in [-0.39, 0.29) is 36.0 Å². The topological polar surface area (TPSA) is 154 Å². The van der Waals surface area contributed by atoms with Crippen molar-refractivity contribution in [3.05, 3.63) is 42.4 Å². The molecule has 0 atom stereocenters. The number of hydrogen-bond acceptors (Lipinski definition) is 8. The van der Waals surface area contributed by atoms with Crippen molar-refractivity contribution in [1.82, 2.24) is 24.1 Å². The second-order valence-electron chi connectivity index (χ2n) is 6.13. The van der Waals surface area contributed by atoms with Gasteiger partial charge in [0.15, 0.2) is 0 Å². The maximum Gasteiger partial charge on any atom is 0.490 e. The van der Waals surface area contributed by atoms with Crippen LogP contribution in [0.15, 0.2) is 41.5 Å². The molecule has 176 valence electrons. The molecule has 0 radical (unpaired) electrons. The van der Waals surface area contributed by atoms with Crippen molar-refractivity contribution < 1.29 is 40.6 Å². The summed E-state index contributed by atoms with van der Waals surface area (Å²) in [5.41, 5.74) is 5.61. The van der Waals surface area contributed by atoms with Gasteiger partial charge in [0, 0.05) is 24.7 Å². The van der Waals surface area contributed by atoms with Crippen LogP contribution in [0.25, 0.3) is 0 Å². The fourth-order valence-electron chi connectivity index (χ4n) is 2.30. The largest absolute Gasteiger partial charge is 0.490 e. The average molecular weight is 482 g/mol. The fourth-order valence-corrected chi connectivity index (χ4v) is 3.63. The second kappa shape index (κ2) is 10.5. The molecule has 32 heavy (non-hydrogen) atoms. The van der Waals surface area contributed by atoms with Gasteiger partial charge in [-0.05, 0) is 6.07 Å². The lowest BCUT2D eigenvalue weighted by atomic mass is 10.3. The van der Waals surface area contributed by atoms with Crippen molar-refractivity contribution in [3.8, 4) is 5.88 Å². The Morgan fingerprint density at radius 2 is 1.97 bits per heavy atom. The van der Waals surface area contributed by atoms with Crippen LogP contribution < -0.4 is 10.5 Å². The van der Waals surface area contributed by atoms with Crippen molar-refractivity contribution in [2.45, 2.75) is 24.2 Å². The summed E-state index contributed by atoms with van der Waals surface area (Å²) in [6.07, 6.45) is -2.08. The number of carboxylic acid groups (broad SMARTS) is 1. The Hall–Kier alpha value is -3.11. The fraction of sp³-hybridized carbons (Fsp3) is 0.375. The molecule has 0 saturated carbocycles. The minimum atomic E-state index is -5.08. The molecule has 0 unspecified atom stereocenters. The van der Waals surface area contributed by atoms with Crippen molar-refractivity contribution in [2.24, 2.45) is 5.73 Å². The van der Waals surface area contributed by atoms with Gasteiger partial charge in [-0.15, -0.1) is 0 Å². The van der Waals surface area contributed by atoms with Crippen molar-refractivity contribution in [1.29, 1.82) is 0 Å². The molecule has 2 aromatic heterocycles. The van der Waals surface area contributed by atoms with Crippen LogP contribution in [0.5, 0.6) is 5.88 Å². The third-order valence-corrected chi connectivity index (χ3v) is 5.81.